The first-order valence-corrected chi connectivity index (χ1v) is 14.1. The maximum atomic E-state index is 11.8. The summed E-state index contributed by atoms with van der Waals surface area (Å²) in [6, 6.07) is 0. The van der Waals surface area contributed by atoms with Crippen molar-refractivity contribution in [3.8, 4) is 0 Å². The topological polar surface area (TPSA) is 52.6 Å². The van der Waals surface area contributed by atoms with Crippen molar-refractivity contribution in [2.24, 2.45) is 11.3 Å². The van der Waals surface area contributed by atoms with Crippen molar-refractivity contribution in [2.75, 3.05) is 13.2 Å². The minimum atomic E-state index is -0.306. The van der Waals surface area contributed by atoms with Crippen molar-refractivity contribution in [3.63, 3.8) is 0 Å². The highest BCUT2D eigenvalue weighted by molar-refractivity contribution is 5.77. The summed E-state index contributed by atoms with van der Waals surface area (Å²) in [5.41, 5.74) is 0.225. The smallest absolute Gasteiger partial charge is 0.306 e. The number of carbonyl (C=O) groups excluding carboxylic acids is 2. The predicted molar refractivity (Wildman–Crippen MR) is 139 cm³/mol. The third-order valence-electron chi connectivity index (χ3n) is 6.03. The van der Waals surface area contributed by atoms with Gasteiger partial charge in [0.25, 0.3) is 0 Å². The molecule has 0 fully saturated rings. The lowest BCUT2D eigenvalue weighted by atomic mass is 9.86. The van der Waals surface area contributed by atoms with Gasteiger partial charge in [0.15, 0.2) is 0 Å². The fourth-order valence-corrected chi connectivity index (χ4v) is 4.35. The van der Waals surface area contributed by atoms with Gasteiger partial charge in [-0.15, -0.1) is 0 Å². The summed E-state index contributed by atoms with van der Waals surface area (Å²) < 4.78 is 10.5. The third kappa shape index (κ3) is 25.4. The Bertz CT molecular complexity index is 467. The fourth-order valence-electron chi connectivity index (χ4n) is 4.35. The molecular weight excluding hydrogens is 412 g/mol. The van der Waals surface area contributed by atoms with Gasteiger partial charge in [-0.2, -0.15) is 0 Å². The van der Waals surface area contributed by atoms with Gasteiger partial charge in [-0.1, -0.05) is 125 Å². The molecule has 0 amide bonds. The molecule has 1 atom stereocenters. The summed E-state index contributed by atoms with van der Waals surface area (Å²) in [6.07, 6.45) is 21.0. The van der Waals surface area contributed by atoms with Crippen LogP contribution in [0.1, 0.15) is 150 Å². The van der Waals surface area contributed by atoms with Gasteiger partial charge in [0.05, 0.1) is 26.1 Å². The molecule has 33 heavy (non-hydrogen) atoms. The molecule has 0 aliphatic carbocycles. The van der Waals surface area contributed by atoms with Gasteiger partial charge in [0.1, 0.15) is 0 Å². The molecule has 0 N–H and O–H groups in total. The maximum Gasteiger partial charge on any atom is 0.306 e. The first-order chi connectivity index (χ1) is 15.7. The van der Waals surface area contributed by atoms with Gasteiger partial charge in [0, 0.05) is 0 Å². The second kappa shape index (κ2) is 21.5. The van der Waals surface area contributed by atoms with Gasteiger partial charge in [-0.3, -0.25) is 9.59 Å². The first-order valence-electron chi connectivity index (χ1n) is 14.1. The number of carbonyl (C=O) groups is 2. The fraction of sp³-hybridized carbons (Fsp3) is 0.931. The highest BCUT2D eigenvalue weighted by Crippen LogP contribution is 2.24. The van der Waals surface area contributed by atoms with Crippen LogP contribution in [-0.4, -0.2) is 25.2 Å². The molecule has 0 radical (unpaired) electrons. The summed E-state index contributed by atoms with van der Waals surface area (Å²) in [5, 5.41) is 0. The number of ether oxygens (including phenoxy) is 2. The van der Waals surface area contributed by atoms with Gasteiger partial charge < -0.3 is 9.47 Å². The average molecular weight is 469 g/mol. The maximum absolute atomic E-state index is 11.8. The molecule has 0 bridgehead atoms. The van der Waals surface area contributed by atoms with Gasteiger partial charge >= 0.3 is 11.9 Å². The molecule has 0 aromatic heterocycles. The van der Waals surface area contributed by atoms with Crippen molar-refractivity contribution in [1.82, 2.24) is 0 Å². The Hall–Kier alpha value is -1.06. The summed E-state index contributed by atoms with van der Waals surface area (Å²) >= 11 is 0. The van der Waals surface area contributed by atoms with E-state index in [1.54, 1.807) is 0 Å². The van der Waals surface area contributed by atoms with Crippen molar-refractivity contribution in [3.05, 3.63) is 0 Å². The summed E-state index contributed by atoms with van der Waals surface area (Å²) in [6.45, 7) is 11.8. The van der Waals surface area contributed by atoms with Crippen LogP contribution < -0.4 is 0 Å². The van der Waals surface area contributed by atoms with E-state index >= 15 is 0 Å². The Labute approximate surface area is 206 Å². The Morgan fingerprint density at radius 3 is 1.45 bits per heavy atom. The molecule has 0 spiro atoms. The normalized spacial score (nSPS) is 12.5. The highest BCUT2D eigenvalue weighted by Gasteiger charge is 2.17. The molecule has 0 rings (SSSR count). The SMILES string of the molecule is CCCCCCCCCCCCCCCCCOC(=O)CCC(=O)OCC(C)CC(C)(C)C. The van der Waals surface area contributed by atoms with E-state index in [1.165, 1.54) is 83.5 Å². The molecule has 0 saturated carbocycles. The van der Waals surface area contributed by atoms with Crippen LogP contribution in [0.5, 0.6) is 0 Å². The van der Waals surface area contributed by atoms with E-state index < -0.39 is 0 Å². The quantitative estimate of drug-likeness (QED) is 0.118. The molecule has 196 valence electrons. The summed E-state index contributed by atoms with van der Waals surface area (Å²) in [4.78, 5) is 23.6. The zero-order valence-corrected chi connectivity index (χ0v) is 22.9. The molecule has 0 aliphatic heterocycles. The molecule has 0 aromatic rings. The molecule has 4 heteroatoms. The molecular formula is C29H56O4. The molecule has 4 nitrogen and oxygen atoms in total. The van der Waals surface area contributed by atoms with E-state index in [2.05, 4.69) is 34.6 Å². The number of unbranched alkanes of at least 4 members (excludes halogenated alkanes) is 14. The van der Waals surface area contributed by atoms with Crippen LogP contribution in [0.25, 0.3) is 0 Å². The van der Waals surface area contributed by atoms with Crippen molar-refractivity contribution < 1.29 is 19.1 Å². The van der Waals surface area contributed by atoms with Gasteiger partial charge in [-0.25, -0.2) is 0 Å². The van der Waals surface area contributed by atoms with Crippen LogP contribution >= 0.6 is 0 Å². The zero-order chi connectivity index (χ0) is 24.8. The third-order valence-corrected chi connectivity index (χ3v) is 6.03. The lowest BCUT2D eigenvalue weighted by Gasteiger charge is -2.22. The Morgan fingerprint density at radius 1 is 0.636 bits per heavy atom. The number of rotatable bonds is 22. The Kier molecular flexibility index (Phi) is 20.8. The summed E-state index contributed by atoms with van der Waals surface area (Å²) in [5.74, 6) is -0.272. The minimum absolute atomic E-state index is 0.111. The average Bonchev–Trinajstić information content (AvgIpc) is 2.74. The standard InChI is InChI=1S/C29H56O4/c1-6-7-8-9-10-11-12-13-14-15-16-17-18-19-20-23-32-27(30)21-22-28(31)33-25-26(2)24-29(3,4)5/h26H,6-25H2,1-5H3. The predicted octanol–water partition coefficient (Wildman–Crippen LogP) is 8.80. The second-order valence-electron chi connectivity index (χ2n) is 11.2. The number of hydrogen-bond acceptors (Lipinski definition) is 4. The van der Waals surface area contributed by atoms with Crippen LogP contribution in [0, 0.1) is 11.3 Å². The number of hydrogen-bond donors (Lipinski definition) is 0. The van der Waals surface area contributed by atoms with E-state index in [9.17, 15) is 9.59 Å². The first kappa shape index (κ1) is 31.9. The Balaban J connectivity index is 3.38. The van der Waals surface area contributed by atoms with Gasteiger partial charge in [-0.05, 0) is 24.2 Å². The molecule has 0 aromatic carbocycles. The van der Waals surface area contributed by atoms with Crippen LogP contribution in [0.2, 0.25) is 0 Å². The molecule has 0 saturated heterocycles. The van der Waals surface area contributed by atoms with E-state index in [1.807, 2.05) is 0 Å². The van der Waals surface area contributed by atoms with Gasteiger partial charge in [0.2, 0.25) is 0 Å². The lowest BCUT2D eigenvalue weighted by molar-refractivity contribution is -0.151. The molecule has 0 aliphatic rings. The van der Waals surface area contributed by atoms with Crippen LogP contribution in [0.3, 0.4) is 0 Å². The van der Waals surface area contributed by atoms with E-state index in [4.69, 9.17) is 9.47 Å². The Morgan fingerprint density at radius 2 is 1.03 bits per heavy atom. The van der Waals surface area contributed by atoms with E-state index in [0.29, 0.717) is 19.1 Å². The summed E-state index contributed by atoms with van der Waals surface area (Å²) in [7, 11) is 0. The van der Waals surface area contributed by atoms with Crippen molar-refractivity contribution in [2.45, 2.75) is 150 Å². The number of esters is 2. The van der Waals surface area contributed by atoms with Crippen LogP contribution in [0.4, 0.5) is 0 Å². The van der Waals surface area contributed by atoms with E-state index in [-0.39, 0.29) is 30.2 Å². The van der Waals surface area contributed by atoms with E-state index in [0.717, 1.165) is 19.3 Å². The van der Waals surface area contributed by atoms with Crippen molar-refractivity contribution in [1.29, 1.82) is 0 Å². The van der Waals surface area contributed by atoms with Crippen LogP contribution in [-0.2, 0) is 19.1 Å². The van der Waals surface area contributed by atoms with Crippen molar-refractivity contribution >= 4 is 11.9 Å². The monoisotopic (exact) mass is 468 g/mol. The zero-order valence-electron chi connectivity index (χ0n) is 22.9. The largest absolute Gasteiger partial charge is 0.466 e. The van der Waals surface area contributed by atoms with Crippen LogP contribution in [0.15, 0.2) is 0 Å². The molecule has 1 unspecified atom stereocenters. The second-order valence-corrected chi connectivity index (χ2v) is 11.2. The highest BCUT2D eigenvalue weighted by atomic mass is 16.5. The lowest BCUT2D eigenvalue weighted by Crippen LogP contribution is -2.18. The molecule has 0 heterocycles. The minimum Gasteiger partial charge on any atom is -0.466 e.